The highest BCUT2D eigenvalue weighted by atomic mass is 16.5. The zero-order chi connectivity index (χ0) is 26.5. The van der Waals surface area contributed by atoms with Crippen molar-refractivity contribution in [2.75, 3.05) is 52.9 Å². The molecule has 2 aliphatic rings. The van der Waals surface area contributed by atoms with Gasteiger partial charge in [-0.15, -0.1) is 0 Å². The molecule has 2 aliphatic heterocycles. The maximum atomic E-state index is 13.0. The molecule has 5 rings (SSSR count). The molecule has 0 radical (unpaired) electrons. The third kappa shape index (κ3) is 6.20. The van der Waals surface area contributed by atoms with E-state index in [1.165, 1.54) is 16.2 Å². The first-order chi connectivity index (χ1) is 18.5. The van der Waals surface area contributed by atoms with E-state index in [9.17, 15) is 14.4 Å². The Morgan fingerprint density at radius 2 is 1.97 bits per heavy atom. The van der Waals surface area contributed by atoms with Crippen LogP contribution >= 0.6 is 0 Å². The van der Waals surface area contributed by atoms with Gasteiger partial charge in [-0.2, -0.15) is 0 Å². The van der Waals surface area contributed by atoms with Crippen LogP contribution < -0.4 is 15.6 Å². The van der Waals surface area contributed by atoms with Crippen LogP contribution in [0.2, 0.25) is 0 Å². The molecule has 10 heteroatoms. The minimum Gasteiger partial charge on any atom is -0.492 e. The first-order valence-electron chi connectivity index (χ1n) is 13.1. The minimum absolute atomic E-state index is 0.101. The van der Waals surface area contributed by atoms with Crippen LogP contribution in [0.1, 0.15) is 28.8 Å². The van der Waals surface area contributed by atoms with Gasteiger partial charge in [0.25, 0.3) is 11.5 Å². The summed E-state index contributed by atoms with van der Waals surface area (Å²) in [6.45, 7) is 5.48. The second-order valence-corrected chi connectivity index (χ2v) is 10.0. The van der Waals surface area contributed by atoms with E-state index in [2.05, 4.69) is 39.3 Å². The van der Waals surface area contributed by atoms with Gasteiger partial charge in [-0.1, -0.05) is 18.2 Å². The summed E-state index contributed by atoms with van der Waals surface area (Å²) in [5.41, 5.74) is 1.45. The topological polar surface area (TPSA) is 99.5 Å². The molecular weight excluding hydrogens is 484 g/mol. The summed E-state index contributed by atoms with van der Waals surface area (Å²) in [5, 5.41) is 3.02. The van der Waals surface area contributed by atoms with Crippen LogP contribution in [0.15, 0.2) is 59.7 Å². The van der Waals surface area contributed by atoms with Gasteiger partial charge in [-0.05, 0) is 43.3 Å². The quantitative estimate of drug-likeness (QED) is 0.455. The Kier molecular flexibility index (Phi) is 8.00. The van der Waals surface area contributed by atoms with E-state index in [0.29, 0.717) is 31.8 Å². The maximum Gasteiger partial charge on any atom is 0.270 e. The third-order valence-corrected chi connectivity index (χ3v) is 7.15. The van der Waals surface area contributed by atoms with Crippen molar-refractivity contribution in [1.29, 1.82) is 0 Å². The van der Waals surface area contributed by atoms with Crippen LogP contribution in [-0.4, -0.2) is 94.9 Å². The minimum atomic E-state index is -0.338. The van der Waals surface area contributed by atoms with E-state index in [-0.39, 0.29) is 29.0 Å². The second-order valence-electron chi connectivity index (χ2n) is 10.0. The number of pyridine rings is 1. The Labute approximate surface area is 221 Å². The second kappa shape index (κ2) is 11.7. The standard InChI is InChI=1S/C28H34N6O4/c1-31(20-22-8-9-26(35)30-22)19-21-5-4-6-23(17-21)38-16-15-32-11-13-33(14-12-32)27(36)24-18-29-25-7-2-3-10-34(25)28(24)37/h2-7,10,17-18,22H,8-9,11-16,19-20H2,1H3,(H,30,35). The number of rotatable bonds is 9. The lowest BCUT2D eigenvalue weighted by Gasteiger charge is -2.34. The number of benzene rings is 1. The van der Waals surface area contributed by atoms with Crippen LogP contribution in [0.25, 0.3) is 5.65 Å². The molecule has 1 atom stereocenters. The SMILES string of the molecule is CN(Cc1cccc(OCCN2CCN(C(=O)c3cnc4ccccn4c3=O)CC2)c1)CC1CCC(=O)N1. The molecule has 1 aromatic carbocycles. The average molecular weight is 519 g/mol. The number of aromatic nitrogens is 2. The van der Waals surface area contributed by atoms with Crippen molar-refractivity contribution in [3.8, 4) is 5.75 Å². The summed E-state index contributed by atoms with van der Waals surface area (Å²) in [4.78, 5) is 47.7. The summed E-state index contributed by atoms with van der Waals surface area (Å²) in [7, 11) is 2.07. The fraction of sp³-hybridized carbons (Fsp3) is 0.429. The normalized spacial score (nSPS) is 18.2. The number of likely N-dealkylation sites (N-methyl/N-ethyl adjacent to an activating group) is 1. The Bertz CT molecular complexity index is 1350. The largest absolute Gasteiger partial charge is 0.492 e. The number of hydrogen-bond donors (Lipinski definition) is 1. The van der Waals surface area contributed by atoms with Crippen molar-refractivity contribution in [2.24, 2.45) is 0 Å². The van der Waals surface area contributed by atoms with Crippen molar-refractivity contribution in [2.45, 2.75) is 25.4 Å². The van der Waals surface area contributed by atoms with Crippen molar-refractivity contribution >= 4 is 17.5 Å². The van der Waals surface area contributed by atoms with Crippen LogP contribution in [0.5, 0.6) is 5.75 Å². The van der Waals surface area contributed by atoms with Crippen LogP contribution in [-0.2, 0) is 11.3 Å². The zero-order valence-electron chi connectivity index (χ0n) is 21.7. The summed E-state index contributed by atoms with van der Waals surface area (Å²) >= 11 is 0. The first-order valence-corrected chi connectivity index (χ1v) is 13.1. The molecule has 4 heterocycles. The number of amides is 2. The Balaban J connectivity index is 1.06. The van der Waals surface area contributed by atoms with Gasteiger partial charge < -0.3 is 19.9 Å². The third-order valence-electron chi connectivity index (χ3n) is 7.15. The van der Waals surface area contributed by atoms with E-state index in [0.717, 1.165) is 44.9 Å². The van der Waals surface area contributed by atoms with Crippen molar-refractivity contribution in [3.63, 3.8) is 0 Å². The molecule has 2 aromatic heterocycles. The van der Waals surface area contributed by atoms with Crippen molar-refractivity contribution < 1.29 is 14.3 Å². The number of ether oxygens (including phenoxy) is 1. The lowest BCUT2D eigenvalue weighted by atomic mass is 10.1. The molecular formula is C28H34N6O4. The molecule has 0 bridgehead atoms. The van der Waals surface area contributed by atoms with Crippen LogP contribution in [0.3, 0.4) is 0 Å². The van der Waals surface area contributed by atoms with E-state index in [1.807, 2.05) is 18.2 Å². The lowest BCUT2D eigenvalue weighted by molar-refractivity contribution is -0.119. The predicted molar refractivity (Wildman–Crippen MR) is 143 cm³/mol. The number of piperazine rings is 1. The van der Waals surface area contributed by atoms with Gasteiger partial charge in [0.05, 0.1) is 0 Å². The summed E-state index contributed by atoms with van der Waals surface area (Å²) in [5.74, 6) is 0.710. The van der Waals surface area contributed by atoms with E-state index in [4.69, 9.17) is 4.74 Å². The van der Waals surface area contributed by atoms with E-state index in [1.54, 1.807) is 23.2 Å². The van der Waals surface area contributed by atoms with Gasteiger partial charge in [0.15, 0.2) is 0 Å². The Morgan fingerprint density at radius 1 is 1.13 bits per heavy atom. The molecule has 0 aliphatic carbocycles. The smallest absolute Gasteiger partial charge is 0.270 e. The molecule has 1 N–H and O–H groups in total. The van der Waals surface area contributed by atoms with Gasteiger partial charge in [-0.3, -0.25) is 23.7 Å². The van der Waals surface area contributed by atoms with Crippen molar-refractivity contribution in [1.82, 2.24) is 29.4 Å². The Hall–Kier alpha value is -3.76. The first kappa shape index (κ1) is 25.9. The molecule has 1 unspecified atom stereocenters. The molecule has 0 spiro atoms. The van der Waals surface area contributed by atoms with Gasteiger partial charge in [0.2, 0.25) is 5.91 Å². The molecule has 2 amide bonds. The highest BCUT2D eigenvalue weighted by Crippen LogP contribution is 2.16. The highest BCUT2D eigenvalue weighted by molar-refractivity contribution is 5.93. The van der Waals surface area contributed by atoms with Crippen LogP contribution in [0.4, 0.5) is 0 Å². The fourth-order valence-electron chi connectivity index (χ4n) is 5.11. The Morgan fingerprint density at radius 3 is 2.76 bits per heavy atom. The van der Waals surface area contributed by atoms with Gasteiger partial charge >= 0.3 is 0 Å². The van der Waals surface area contributed by atoms with Gasteiger partial charge in [0.1, 0.15) is 23.6 Å². The number of nitrogens with one attached hydrogen (secondary N) is 1. The monoisotopic (exact) mass is 518 g/mol. The average Bonchev–Trinajstić information content (AvgIpc) is 3.33. The summed E-state index contributed by atoms with van der Waals surface area (Å²) < 4.78 is 7.43. The zero-order valence-corrected chi connectivity index (χ0v) is 21.7. The van der Waals surface area contributed by atoms with Gasteiger partial charge in [-0.25, -0.2) is 4.98 Å². The molecule has 38 heavy (non-hydrogen) atoms. The molecule has 0 saturated carbocycles. The number of hydrogen-bond acceptors (Lipinski definition) is 7. The highest BCUT2D eigenvalue weighted by Gasteiger charge is 2.25. The van der Waals surface area contributed by atoms with Crippen LogP contribution in [0, 0.1) is 0 Å². The maximum absolute atomic E-state index is 13.0. The summed E-state index contributed by atoms with van der Waals surface area (Å²) in [6, 6.07) is 13.7. The molecule has 200 valence electrons. The van der Waals surface area contributed by atoms with Crippen molar-refractivity contribution in [3.05, 3.63) is 76.3 Å². The number of carbonyl (C=O) groups excluding carboxylic acids is 2. The van der Waals surface area contributed by atoms with E-state index < -0.39 is 0 Å². The lowest BCUT2D eigenvalue weighted by Crippen LogP contribution is -2.50. The van der Waals surface area contributed by atoms with Gasteiger partial charge in [0, 0.05) is 70.7 Å². The molecule has 10 nitrogen and oxygen atoms in total. The molecule has 2 saturated heterocycles. The number of fused-ring (bicyclic) bond motifs is 1. The fourth-order valence-corrected chi connectivity index (χ4v) is 5.11. The molecule has 3 aromatic rings. The van der Waals surface area contributed by atoms with E-state index >= 15 is 0 Å². The number of carbonyl (C=O) groups is 2. The summed E-state index contributed by atoms with van der Waals surface area (Å²) in [6.07, 6.45) is 4.53. The molecule has 2 fully saturated rings. The number of nitrogens with zero attached hydrogens (tertiary/aromatic N) is 5. The predicted octanol–water partition coefficient (Wildman–Crippen LogP) is 1.24.